The van der Waals surface area contributed by atoms with Gasteiger partial charge in [0.15, 0.2) is 5.82 Å². The number of halogens is 2. The molecule has 1 aliphatic carbocycles. The van der Waals surface area contributed by atoms with Crippen molar-refractivity contribution in [2.45, 2.75) is 44.6 Å². The van der Waals surface area contributed by atoms with Crippen molar-refractivity contribution < 1.29 is 8.78 Å². The monoisotopic (exact) mass is 240 g/mol. The fourth-order valence-electron chi connectivity index (χ4n) is 2.37. The lowest BCUT2D eigenvalue weighted by Gasteiger charge is -2.19. The molecule has 0 aromatic heterocycles. The molecule has 0 amide bonds. The molecule has 94 valence electrons. The van der Waals surface area contributed by atoms with Gasteiger partial charge in [0.1, 0.15) is 5.82 Å². The molecule has 0 radical (unpaired) electrons. The number of hydrogen-bond donors (Lipinski definition) is 2. The predicted molar refractivity (Wildman–Crippen MR) is 65.9 cm³/mol. The van der Waals surface area contributed by atoms with Gasteiger partial charge >= 0.3 is 0 Å². The summed E-state index contributed by atoms with van der Waals surface area (Å²) in [6, 6.07) is 2.28. The van der Waals surface area contributed by atoms with E-state index in [-0.39, 0.29) is 17.4 Å². The van der Waals surface area contributed by atoms with Crippen LogP contribution in [0.1, 0.15) is 38.5 Å². The zero-order valence-corrected chi connectivity index (χ0v) is 9.81. The zero-order chi connectivity index (χ0) is 12.3. The van der Waals surface area contributed by atoms with Gasteiger partial charge in [0.25, 0.3) is 0 Å². The number of nitrogens with two attached hydrogens (primary N) is 1. The summed E-state index contributed by atoms with van der Waals surface area (Å²) in [5.41, 5.74) is 6.03. The van der Waals surface area contributed by atoms with E-state index in [0.29, 0.717) is 0 Å². The number of benzene rings is 1. The van der Waals surface area contributed by atoms with E-state index in [1.807, 2.05) is 0 Å². The summed E-state index contributed by atoms with van der Waals surface area (Å²) in [6.45, 7) is 0. The molecule has 0 saturated heterocycles. The maximum Gasteiger partial charge on any atom is 0.151 e. The SMILES string of the molecule is Nc1cc(F)cc(F)c1NC1CCCCCC1. The van der Waals surface area contributed by atoms with Gasteiger partial charge in [-0.2, -0.15) is 0 Å². The number of rotatable bonds is 2. The second-order valence-corrected chi connectivity index (χ2v) is 4.68. The molecule has 0 bridgehead atoms. The molecule has 1 aromatic carbocycles. The standard InChI is InChI=1S/C13H18F2N2/c14-9-7-11(15)13(12(16)8-9)17-10-5-3-1-2-4-6-10/h7-8,10,17H,1-6,16H2. The molecule has 2 nitrogen and oxygen atoms in total. The van der Waals surface area contributed by atoms with Crippen LogP contribution in [0.4, 0.5) is 20.2 Å². The van der Waals surface area contributed by atoms with E-state index in [4.69, 9.17) is 5.73 Å². The molecule has 17 heavy (non-hydrogen) atoms. The molecule has 0 atom stereocenters. The molecular formula is C13H18F2N2. The minimum atomic E-state index is -0.633. The minimum absolute atomic E-state index is 0.145. The van der Waals surface area contributed by atoms with Crippen LogP contribution >= 0.6 is 0 Å². The van der Waals surface area contributed by atoms with Crippen LogP contribution in [0.25, 0.3) is 0 Å². The molecule has 0 aliphatic heterocycles. The fourth-order valence-corrected chi connectivity index (χ4v) is 2.37. The lowest BCUT2D eigenvalue weighted by Crippen LogP contribution is -2.20. The first-order valence-electron chi connectivity index (χ1n) is 6.18. The molecule has 2 rings (SSSR count). The van der Waals surface area contributed by atoms with Crippen molar-refractivity contribution in [3.8, 4) is 0 Å². The van der Waals surface area contributed by atoms with Gasteiger partial charge in [-0.3, -0.25) is 0 Å². The largest absolute Gasteiger partial charge is 0.397 e. The van der Waals surface area contributed by atoms with Gasteiger partial charge in [0.05, 0.1) is 11.4 Å². The van der Waals surface area contributed by atoms with Crippen molar-refractivity contribution in [1.82, 2.24) is 0 Å². The predicted octanol–water partition coefficient (Wildman–Crippen LogP) is 3.68. The summed E-state index contributed by atoms with van der Waals surface area (Å²) in [5, 5.41) is 3.12. The van der Waals surface area contributed by atoms with E-state index >= 15 is 0 Å². The third-order valence-corrected chi connectivity index (χ3v) is 3.29. The summed E-state index contributed by atoms with van der Waals surface area (Å²) in [7, 11) is 0. The molecule has 1 aromatic rings. The summed E-state index contributed by atoms with van der Waals surface area (Å²) < 4.78 is 26.5. The molecule has 1 aliphatic rings. The highest BCUT2D eigenvalue weighted by Crippen LogP contribution is 2.27. The number of anilines is 2. The Kier molecular flexibility index (Phi) is 3.82. The summed E-state index contributed by atoms with van der Waals surface area (Å²) >= 11 is 0. The lowest BCUT2D eigenvalue weighted by atomic mass is 10.1. The zero-order valence-electron chi connectivity index (χ0n) is 9.81. The van der Waals surface area contributed by atoms with E-state index in [0.717, 1.165) is 37.8 Å². The molecule has 1 fully saturated rings. The van der Waals surface area contributed by atoms with Crippen LogP contribution in [0.2, 0.25) is 0 Å². The minimum Gasteiger partial charge on any atom is -0.397 e. The quantitative estimate of drug-likeness (QED) is 0.611. The Morgan fingerprint density at radius 3 is 2.29 bits per heavy atom. The van der Waals surface area contributed by atoms with E-state index < -0.39 is 11.6 Å². The van der Waals surface area contributed by atoms with Crippen LogP contribution in [-0.2, 0) is 0 Å². The van der Waals surface area contributed by atoms with Gasteiger partial charge in [-0.05, 0) is 18.9 Å². The van der Waals surface area contributed by atoms with Gasteiger partial charge < -0.3 is 11.1 Å². The Morgan fingerprint density at radius 2 is 1.71 bits per heavy atom. The van der Waals surface area contributed by atoms with Crippen molar-refractivity contribution in [3.05, 3.63) is 23.8 Å². The second-order valence-electron chi connectivity index (χ2n) is 4.68. The molecule has 0 unspecified atom stereocenters. The van der Waals surface area contributed by atoms with Gasteiger partial charge in [-0.1, -0.05) is 25.7 Å². The molecule has 4 heteroatoms. The van der Waals surface area contributed by atoms with Gasteiger partial charge in [-0.25, -0.2) is 8.78 Å². The van der Waals surface area contributed by atoms with Crippen LogP contribution < -0.4 is 11.1 Å². The van der Waals surface area contributed by atoms with Gasteiger partial charge in [0.2, 0.25) is 0 Å². The Hall–Kier alpha value is -1.32. The molecule has 0 spiro atoms. The smallest absolute Gasteiger partial charge is 0.151 e. The third kappa shape index (κ3) is 3.08. The topological polar surface area (TPSA) is 38.0 Å². The van der Waals surface area contributed by atoms with Gasteiger partial charge in [0, 0.05) is 12.1 Å². The lowest BCUT2D eigenvalue weighted by molar-refractivity contribution is 0.575. The molecule has 1 saturated carbocycles. The van der Waals surface area contributed by atoms with Crippen molar-refractivity contribution in [3.63, 3.8) is 0 Å². The first kappa shape index (κ1) is 12.1. The molecular weight excluding hydrogens is 222 g/mol. The number of nitrogen functional groups attached to an aromatic ring is 1. The Labute approximate surface area is 100 Å². The highest BCUT2D eigenvalue weighted by Gasteiger charge is 2.16. The van der Waals surface area contributed by atoms with Gasteiger partial charge in [-0.15, -0.1) is 0 Å². The van der Waals surface area contributed by atoms with E-state index in [1.165, 1.54) is 12.8 Å². The maximum atomic E-state index is 13.6. The van der Waals surface area contributed by atoms with Crippen LogP contribution in [-0.4, -0.2) is 6.04 Å². The highest BCUT2D eigenvalue weighted by molar-refractivity contribution is 5.67. The van der Waals surface area contributed by atoms with E-state index in [1.54, 1.807) is 0 Å². The maximum absolute atomic E-state index is 13.6. The first-order valence-corrected chi connectivity index (χ1v) is 6.18. The van der Waals surface area contributed by atoms with Crippen molar-refractivity contribution in [1.29, 1.82) is 0 Å². The summed E-state index contributed by atoms with van der Waals surface area (Å²) in [5.74, 6) is -1.24. The third-order valence-electron chi connectivity index (χ3n) is 3.29. The fraction of sp³-hybridized carbons (Fsp3) is 0.538. The summed E-state index contributed by atoms with van der Waals surface area (Å²) in [4.78, 5) is 0. The average Bonchev–Trinajstić information content (AvgIpc) is 2.51. The Morgan fingerprint density at radius 1 is 1.06 bits per heavy atom. The summed E-state index contributed by atoms with van der Waals surface area (Å²) in [6.07, 6.45) is 6.83. The average molecular weight is 240 g/mol. The van der Waals surface area contributed by atoms with E-state index in [9.17, 15) is 8.78 Å². The van der Waals surface area contributed by atoms with Crippen molar-refractivity contribution in [2.75, 3.05) is 11.1 Å². The van der Waals surface area contributed by atoms with Crippen molar-refractivity contribution >= 4 is 11.4 Å². The molecule has 3 N–H and O–H groups in total. The number of hydrogen-bond acceptors (Lipinski definition) is 2. The van der Waals surface area contributed by atoms with Crippen LogP contribution in [0.5, 0.6) is 0 Å². The highest BCUT2D eigenvalue weighted by atomic mass is 19.1. The molecule has 0 heterocycles. The van der Waals surface area contributed by atoms with Crippen molar-refractivity contribution in [2.24, 2.45) is 0 Å². The van der Waals surface area contributed by atoms with Crippen LogP contribution in [0, 0.1) is 11.6 Å². The second kappa shape index (κ2) is 5.34. The van der Waals surface area contributed by atoms with Crippen LogP contribution in [0.15, 0.2) is 12.1 Å². The van der Waals surface area contributed by atoms with Crippen LogP contribution in [0.3, 0.4) is 0 Å². The number of nitrogens with one attached hydrogen (secondary N) is 1. The Bertz CT molecular complexity index is 362. The van der Waals surface area contributed by atoms with E-state index in [2.05, 4.69) is 5.32 Å². The normalized spacial score (nSPS) is 17.8. The Balaban J connectivity index is 2.11. The first-order chi connectivity index (χ1) is 8.16.